The minimum absolute atomic E-state index is 0.193. The summed E-state index contributed by atoms with van der Waals surface area (Å²) >= 11 is 8.84. The van der Waals surface area contributed by atoms with Gasteiger partial charge in [-0.2, -0.15) is 0 Å². The van der Waals surface area contributed by atoms with Gasteiger partial charge < -0.3 is 14.9 Å². The summed E-state index contributed by atoms with van der Waals surface area (Å²) in [6.07, 6.45) is -0.558. The Bertz CT molecular complexity index is 1000. The third kappa shape index (κ3) is 4.73. The number of rotatable bonds is 6. The first-order chi connectivity index (χ1) is 14.0. The molecule has 10 heteroatoms. The van der Waals surface area contributed by atoms with Gasteiger partial charge in [-0.1, -0.05) is 11.6 Å². The van der Waals surface area contributed by atoms with E-state index in [0.717, 1.165) is 11.9 Å². The van der Waals surface area contributed by atoms with Gasteiger partial charge in [0.15, 0.2) is 0 Å². The van der Waals surface area contributed by atoms with Crippen LogP contribution >= 0.6 is 34.9 Å². The summed E-state index contributed by atoms with van der Waals surface area (Å²) in [6, 6.07) is 6.95. The van der Waals surface area contributed by atoms with E-state index in [1.165, 1.54) is 41.7 Å². The van der Waals surface area contributed by atoms with Crippen LogP contribution in [-0.2, 0) is 0 Å². The lowest BCUT2D eigenvalue weighted by Crippen LogP contribution is -2.21. The SMILES string of the molecule is Fc1ccc(Nc2cc(F)c(SNc3cscn3)cc2Cl)c(N2CC[C@@H](F)C2)c1. The van der Waals surface area contributed by atoms with Gasteiger partial charge in [-0.3, -0.25) is 0 Å². The number of thiazole rings is 1. The van der Waals surface area contributed by atoms with Crippen LogP contribution in [0.4, 0.5) is 36.1 Å². The van der Waals surface area contributed by atoms with Crippen LogP contribution in [-0.4, -0.2) is 24.2 Å². The molecule has 0 amide bonds. The number of alkyl halides is 1. The Kier molecular flexibility index (Phi) is 6.07. The molecule has 1 saturated heterocycles. The van der Waals surface area contributed by atoms with Crippen molar-refractivity contribution < 1.29 is 13.2 Å². The van der Waals surface area contributed by atoms with E-state index < -0.39 is 17.8 Å². The smallest absolute Gasteiger partial charge is 0.147 e. The first kappa shape index (κ1) is 20.2. The van der Waals surface area contributed by atoms with Crippen LogP contribution in [0.15, 0.2) is 46.1 Å². The molecule has 0 spiro atoms. The topological polar surface area (TPSA) is 40.2 Å². The molecule has 4 rings (SSSR count). The molecule has 0 unspecified atom stereocenters. The normalized spacial score (nSPS) is 16.3. The third-order valence-electron chi connectivity index (χ3n) is 4.42. The van der Waals surface area contributed by atoms with Crippen molar-refractivity contribution in [1.82, 2.24) is 4.98 Å². The Morgan fingerprint density at radius 1 is 1.21 bits per heavy atom. The zero-order chi connectivity index (χ0) is 20.4. The fraction of sp³-hybridized carbons (Fsp3) is 0.211. The summed E-state index contributed by atoms with van der Waals surface area (Å²) in [5.41, 5.74) is 3.06. The van der Waals surface area contributed by atoms with Crippen molar-refractivity contribution in [2.75, 3.05) is 28.0 Å². The minimum atomic E-state index is -0.950. The fourth-order valence-electron chi connectivity index (χ4n) is 3.03. The summed E-state index contributed by atoms with van der Waals surface area (Å²) in [4.78, 5) is 6.15. The van der Waals surface area contributed by atoms with Crippen molar-refractivity contribution in [2.45, 2.75) is 17.5 Å². The molecule has 1 aliphatic heterocycles. The molecule has 1 aliphatic rings. The van der Waals surface area contributed by atoms with Crippen LogP contribution < -0.4 is 14.9 Å². The highest BCUT2D eigenvalue weighted by atomic mass is 35.5. The molecular formula is C19H16ClF3N4S2. The Hall–Kier alpha value is -2.10. The lowest BCUT2D eigenvalue weighted by atomic mass is 10.2. The van der Waals surface area contributed by atoms with E-state index in [2.05, 4.69) is 15.0 Å². The van der Waals surface area contributed by atoms with Gasteiger partial charge in [-0.05, 0) is 42.6 Å². The van der Waals surface area contributed by atoms with Gasteiger partial charge in [-0.15, -0.1) is 11.3 Å². The minimum Gasteiger partial charge on any atom is -0.367 e. The number of anilines is 4. The average molecular weight is 457 g/mol. The Labute approximate surface area is 179 Å². The molecule has 1 fully saturated rings. The molecule has 4 nitrogen and oxygen atoms in total. The highest BCUT2D eigenvalue weighted by Crippen LogP contribution is 2.37. The number of aromatic nitrogens is 1. The van der Waals surface area contributed by atoms with Crippen LogP contribution in [0, 0.1) is 11.6 Å². The zero-order valence-corrected chi connectivity index (χ0v) is 17.4. The summed E-state index contributed by atoms with van der Waals surface area (Å²) in [6.45, 7) is 0.678. The Balaban J connectivity index is 1.56. The number of nitrogens with one attached hydrogen (secondary N) is 2. The predicted octanol–water partition coefficient (Wildman–Crippen LogP) is 6.49. The van der Waals surface area contributed by atoms with Gasteiger partial charge >= 0.3 is 0 Å². The Morgan fingerprint density at radius 3 is 2.79 bits per heavy atom. The second-order valence-electron chi connectivity index (χ2n) is 6.46. The number of benzene rings is 2. The quantitative estimate of drug-likeness (QED) is 0.415. The fourth-order valence-corrected chi connectivity index (χ4v) is 4.52. The van der Waals surface area contributed by atoms with Gasteiger partial charge in [-0.25, -0.2) is 18.2 Å². The molecule has 2 N–H and O–H groups in total. The maximum absolute atomic E-state index is 14.6. The van der Waals surface area contributed by atoms with E-state index in [-0.39, 0.29) is 6.54 Å². The van der Waals surface area contributed by atoms with Crippen molar-refractivity contribution in [3.05, 3.63) is 57.9 Å². The number of hydrogen-bond donors (Lipinski definition) is 2. The molecule has 3 aromatic rings. The molecule has 1 atom stereocenters. The van der Waals surface area contributed by atoms with Gasteiger partial charge in [0.1, 0.15) is 23.6 Å². The third-order valence-corrected chi connectivity index (χ3v) is 6.16. The highest BCUT2D eigenvalue weighted by Gasteiger charge is 2.24. The second-order valence-corrected chi connectivity index (χ2v) is 8.43. The van der Waals surface area contributed by atoms with Gasteiger partial charge in [0.2, 0.25) is 0 Å². The molecule has 2 heterocycles. The van der Waals surface area contributed by atoms with Crippen LogP contribution in [0.25, 0.3) is 0 Å². The summed E-state index contributed by atoms with van der Waals surface area (Å²) in [5.74, 6) is -0.270. The molecule has 2 aromatic carbocycles. The van der Waals surface area contributed by atoms with Crippen molar-refractivity contribution in [1.29, 1.82) is 0 Å². The monoisotopic (exact) mass is 456 g/mol. The van der Waals surface area contributed by atoms with Gasteiger partial charge in [0.05, 0.1) is 32.5 Å². The predicted molar refractivity (Wildman–Crippen MR) is 114 cm³/mol. The molecule has 0 saturated carbocycles. The van der Waals surface area contributed by atoms with Crippen molar-refractivity contribution in [2.24, 2.45) is 0 Å². The van der Waals surface area contributed by atoms with Crippen molar-refractivity contribution >= 4 is 57.8 Å². The molecule has 0 aliphatic carbocycles. The lowest BCUT2D eigenvalue weighted by molar-refractivity contribution is 0.364. The molecular weight excluding hydrogens is 441 g/mol. The van der Waals surface area contributed by atoms with Crippen LogP contribution in [0.2, 0.25) is 5.02 Å². The number of halogens is 4. The molecule has 1 aromatic heterocycles. The summed E-state index contributed by atoms with van der Waals surface area (Å²) < 4.78 is 44.9. The van der Waals surface area contributed by atoms with E-state index in [1.807, 2.05) is 0 Å². The number of hydrogen-bond acceptors (Lipinski definition) is 6. The van der Waals surface area contributed by atoms with E-state index in [1.54, 1.807) is 15.8 Å². The standard InChI is InChI=1S/C19H16ClF3N4S2/c20-13-6-18(29-26-19-9-28-10-24-19)14(23)7-16(13)25-15-2-1-11(21)5-17(15)27-4-3-12(22)8-27/h1-2,5-7,9-10,12,25-26H,3-4,8H2/t12-/m1/s1. The van der Waals surface area contributed by atoms with E-state index in [4.69, 9.17) is 11.6 Å². The van der Waals surface area contributed by atoms with Crippen LogP contribution in [0.5, 0.6) is 0 Å². The second kappa shape index (κ2) is 8.73. The molecule has 152 valence electrons. The molecule has 29 heavy (non-hydrogen) atoms. The lowest BCUT2D eigenvalue weighted by Gasteiger charge is -2.22. The first-order valence-corrected chi connectivity index (χ1v) is 10.9. The van der Waals surface area contributed by atoms with E-state index in [9.17, 15) is 13.2 Å². The van der Waals surface area contributed by atoms with Gasteiger partial charge in [0.25, 0.3) is 0 Å². The average Bonchev–Trinajstić information content (AvgIpc) is 3.36. The van der Waals surface area contributed by atoms with Crippen molar-refractivity contribution in [3.8, 4) is 0 Å². The first-order valence-electron chi connectivity index (χ1n) is 8.75. The number of nitrogens with zero attached hydrogens (tertiary/aromatic N) is 2. The van der Waals surface area contributed by atoms with E-state index >= 15 is 0 Å². The highest BCUT2D eigenvalue weighted by molar-refractivity contribution is 8.00. The molecule has 0 bridgehead atoms. The summed E-state index contributed by atoms with van der Waals surface area (Å²) in [7, 11) is 0. The largest absolute Gasteiger partial charge is 0.367 e. The van der Waals surface area contributed by atoms with Gasteiger partial charge in [0, 0.05) is 24.5 Å². The zero-order valence-electron chi connectivity index (χ0n) is 15.0. The maximum atomic E-state index is 14.6. The van der Waals surface area contributed by atoms with E-state index in [0.29, 0.717) is 45.8 Å². The summed E-state index contributed by atoms with van der Waals surface area (Å²) in [5, 5.41) is 5.16. The molecule has 0 radical (unpaired) electrons. The van der Waals surface area contributed by atoms with Crippen molar-refractivity contribution in [3.63, 3.8) is 0 Å². The van der Waals surface area contributed by atoms with Crippen LogP contribution in [0.1, 0.15) is 6.42 Å². The Morgan fingerprint density at radius 2 is 2.07 bits per heavy atom. The maximum Gasteiger partial charge on any atom is 0.147 e. The van der Waals surface area contributed by atoms with Crippen LogP contribution in [0.3, 0.4) is 0 Å².